The Morgan fingerprint density at radius 3 is 2.33 bits per heavy atom. The molecule has 144 valence electrons. The lowest BCUT2D eigenvalue weighted by Crippen LogP contribution is -2.35. The maximum absolute atomic E-state index is 12.6. The van der Waals surface area contributed by atoms with E-state index in [1.807, 2.05) is 38.1 Å². The van der Waals surface area contributed by atoms with Gasteiger partial charge in [0.1, 0.15) is 0 Å². The second-order valence-electron chi connectivity index (χ2n) is 6.90. The van der Waals surface area contributed by atoms with E-state index in [2.05, 4.69) is 10.6 Å². The fraction of sp³-hybridized carbons (Fsp3) is 0.333. The molecule has 0 heterocycles. The van der Waals surface area contributed by atoms with Crippen LogP contribution in [0, 0.1) is 0 Å². The number of methoxy groups -OCH3 is 2. The van der Waals surface area contributed by atoms with Gasteiger partial charge >= 0.3 is 0 Å². The summed E-state index contributed by atoms with van der Waals surface area (Å²) in [6, 6.07) is 12.6. The number of nitrogens with one attached hydrogen (secondary N) is 2. The number of ether oxygens (including phenoxy) is 2. The topological polar surface area (TPSA) is 76.7 Å². The van der Waals surface area contributed by atoms with E-state index in [9.17, 15) is 9.59 Å². The van der Waals surface area contributed by atoms with Gasteiger partial charge in [-0.25, -0.2) is 0 Å². The molecule has 0 aliphatic rings. The average Bonchev–Trinajstić information content (AvgIpc) is 2.66. The lowest BCUT2D eigenvalue weighted by atomic mass is 9.84. The molecule has 6 nitrogen and oxygen atoms in total. The Hall–Kier alpha value is -3.02. The number of hydrogen-bond donors (Lipinski definition) is 2. The summed E-state index contributed by atoms with van der Waals surface area (Å²) in [5, 5.41) is 5.74. The van der Waals surface area contributed by atoms with Gasteiger partial charge in [-0.1, -0.05) is 26.0 Å². The second kappa shape index (κ2) is 8.58. The van der Waals surface area contributed by atoms with E-state index in [1.54, 1.807) is 25.3 Å². The van der Waals surface area contributed by atoms with Gasteiger partial charge < -0.3 is 20.1 Å². The number of rotatable bonds is 7. The highest BCUT2D eigenvalue weighted by molar-refractivity contribution is 6.04. The van der Waals surface area contributed by atoms with Crippen LogP contribution in [0.25, 0.3) is 0 Å². The van der Waals surface area contributed by atoms with E-state index in [4.69, 9.17) is 9.47 Å². The minimum absolute atomic E-state index is 0.0685. The van der Waals surface area contributed by atoms with Crippen molar-refractivity contribution in [2.45, 2.75) is 26.2 Å². The Labute approximate surface area is 159 Å². The van der Waals surface area contributed by atoms with Gasteiger partial charge in [0.05, 0.1) is 14.2 Å². The molecule has 0 aliphatic carbocycles. The van der Waals surface area contributed by atoms with Gasteiger partial charge in [-0.15, -0.1) is 0 Å². The zero-order valence-corrected chi connectivity index (χ0v) is 16.4. The molecule has 2 rings (SSSR count). The van der Waals surface area contributed by atoms with E-state index in [0.717, 1.165) is 5.56 Å². The largest absolute Gasteiger partial charge is 0.493 e. The second-order valence-corrected chi connectivity index (χ2v) is 6.90. The number of carbonyl (C=O) groups is 2. The van der Waals surface area contributed by atoms with Gasteiger partial charge in [0.2, 0.25) is 5.91 Å². The van der Waals surface area contributed by atoms with Crippen LogP contribution in [0.2, 0.25) is 0 Å². The first-order chi connectivity index (χ1) is 12.8. The minimum atomic E-state index is -0.268. The predicted molar refractivity (Wildman–Crippen MR) is 106 cm³/mol. The number of anilines is 1. The van der Waals surface area contributed by atoms with Gasteiger partial charge in [0.25, 0.3) is 5.91 Å². The van der Waals surface area contributed by atoms with Crippen molar-refractivity contribution >= 4 is 17.5 Å². The van der Waals surface area contributed by atoms with Gasteiger partial charge in [0.15, 0.2) is 11.5 Å². The van der Waals surface area contributed by atoms with Crippen LogP contribution >= 0.6 is 0 Å². The Bertz CT molecular complexity index is 831. The lowest BCUT2D eigenvalue weighted by molar-refractivity contribution is -0.119. The van der Waals surface area contributed by atoms with Crippen molar-refractivity contribution < 1.29 is 19.1 Å². The summed E-state index contributed by atoms with van der Waals surface area (Å²) in [5.41, 5.74) is 1.90. The molecule has 0 saturated carbocycles. The van der Waals surface area contributed by atoms with Crippen molar-refractivity contribution in [1.29, 1.82) is 0 Å². The third-order valence-electron chi connectivity index (χ3n) is 4.33. The van der Waals surface area contributed by atoms with Crippen molar-refractivity contribution in [3.8, 4) is 11.5 Å². The fourth-order valence-electron chi connectivity index (χ4n) is 2.65. The van der Waals surface area contributed by atoms with E-state index in [-0.39, 0.29) is 17.2 Å². The first-order valence-corrected chi connectivity index (χ1v) is 8.65. The smallest absolute Gasteiger partial charge is 0.255 e. The monoisotopic (exact) mass is 370 g/mol. The highest BCUT2D eigenvalue weighted by Gasteiger charge is 2.21. The fourth-order valence-corrected chi connectivity index (χ4v) is 2.65. The SMILES string of the molecule is COc1ccc(C(=O)Nc2cccc(C(C)(C)CNC(C)=O)c2)cc1OC. The van der Waals surface area contributed by atoms with Crippen LogP contribution in [-0.4, -0.2) is 32.6 Å². The maximum Gasteiger partial charge on any atom is 0.255 e. The Morgan fingerprint density at radius 1 is 1.00 bits per heavy atom. The van der Waals surface area contributed by atoms with Gasteiger partial charge in [-0.3, -0.25) is 9.59 Å². The molecule has 0 bridgehead atoms. The van der Waals surface area contributed by atoms with Crippen LogP contribution in [-0.2, 0) is 10.2 Å². The normalized spacial score (nSPS) is 10.9. The summed E-state index contributed by atoms with van der Waals surface area (Å²) in [4.78, 5) is 23.8. The molecule has 2 aromatic carbocycles. The van der Waals surface area contributed by atoms with Crippen LogP contribution in [0.4, 0.5) is 5.69 Å². The quantitative estimate of drug-likeness (QED) is 0.783. The molecule has 0 atom stereocenters. The summed E-state index contributed by atoms with van der Waals surface area (Å²) in [6.45, 7) is 6.09. The molecule has 0 radical (unpaired) electrons. The molecule has 0 spiro atoms. The third-order valence-corrected chi connectivity index (χ3v) is 4.33. The van der Waals surface area contributed by atoms with E-state index in [0.29, 0.717) is 29.3 Å². The van der Waals surface area contributed by atoms with Crippen LogP contribution in [0.3, 0.4) is 0 Å². The Balaban J connectivity index is 2.18. The van der Waals surface area contributed by atoms with Crippen molar-refractivity contribution in [3.63, 3.8) is 0 Å². The summed E-state index contributed by atoms with van der Waals surface area (Å²) < 4.78 is 10.4. The van der Waals surface area contributed by atoms with Crippen molar-refractivity contribution in [2.75, 3.05) is 26.1 Å². The molecular weight excluding hydrogens is 344 g/mol. The number of carbonyl (C=O) groups excluding carboxylic acids is 2. The van der Waals surface area contributed by atoms with Crippen molar-refractivity contribution in [1.82, 2.24) is 5.32 Å². The van der Waals surface area contributed by atoms with E-state index >= 15 is 0 Å². The van der Waals surface area contributed by atoms with E-state index in [1.165, 1.54) is 14.0 Å². The summed E-state index contributed by atoms with van der Waals surface area (Å²) >= 11 is 0. The Morgan fingerprint density at radius 2 is 1.70 bits per heavy atom. The average molecular weight is 370 g/mol. The maximum atomic E-state index is 12.6. The molecule has 0 saturated heterocycles. The molecule has 0 fully saturated rings. The van der Waals surface area contributed by atoms with Crippen LogP contribution in [0.5, 0.6) is 11.5 Å². The number of benzene rings is 2. The molecule has 6 heteroatoms. The van der Waals surface area contributed by atoms with Gasteiger partial charge in [-0.2, -0.15) is 0 Å². The highest BCUT2D eigenvalue weighted by atomic mass is 16.5. The molecule has 2 N–H and O–H groups in total. The van der Waals surface area contributed by atoms with Gasteiger partial charge in [0, 0.05) is 30.1 Å². The summed E-state index contributed by atoms with van der Waals surface area (Å²) in [5.74, 6) is 0.750. The standard InChI is InChI=1S/C21H26N2O4/c1-14(24)22-13-21(2,3)16-7-6-8-17(12-16)23-20(25)15-9-10-18(26-4)19(11-15)27-5/h6-12H,13H2,1-5H3,(H,22,24)(H,23,25). The number of hydrogen-bond acceptors (Lipinski definition) is 4. The van der Waals surface area contributed by atoms with Crippen molar-refractivity contribution in [2.24, 2.45) is 0 Å². The zero-order chi connectivity index (χ0) is 20.0. The van der Waals surface area contributed by atoms with E-state index < -0.39 is 0 Å². The predicted octanol–water partition coefficient (Wildman–Crippen LogP) is 3.37. The zero-order valence-electron chi connectivity index (χ0n) is 16.4. The molecule has 27 heavy (non-hydrogen) atoms. The molecule has 2 amide bonds. The highest BCUT2D eigenvalue weighted by Crippen LogP contribution is 2.28. The molecule has 0 aromatic heterocycles. The van der Waals surface area contributed by atoms with Crippen LogP contribution < -0.4 is 20.1 Å². The first kappa shape index (κ1) is 20.3. The number of amides is 2. The third kappa shape index (κ3) is 5.23. The van der Waals surface area contributed by atoms with Crippen molar-refractivity contribution in [3.05, 3.63) is 53.6 Å². The van der Waals surface area contributed by atoms with Gasteiger partial charge in [-0.05, 0) is 35.9 Å². The minimum Gasteiger partial charge on any atom is -0.493 e. The molecule has 0 unspecified atom stereocenters. The molecule has 2 aromatic rings. The van der Waals surface area contributed by atoms with Crippen LogP contribution in [0.1, 0.15) is 36.7 Å². The van der Waals surface area contributed by atoms with Crippen LogP contribution in [0.15, 0.2) is 42.5 Å². The molecule has 0 aliphatic heterocycles. The first-order valence-electron chi connectivity index (χ1n) is 8.65. The lowest BCUT2D eigenvalue weighted by Gasteiger charge is -2.26. The summed E-state index contributed by atoms with van der Waals surface area (Å²) in [6.07, 6.45) is 0. The Kier molecular flexibility index (Phi) is 6.45. The summed E-state index contributed by atoms with van der Waals surface area (Å²) in [7, 11) is 3.08. The molecular formula is C21H26N2O4.